The Morgan fingerprint density at radius 1 is 1.18 bits per heavy atom. The molecule has 1 aromatic heterocycles. The van der Waals surface area contributed by atoms with Crippen molar-refractivity contribution in [3.8, 4) is 11.3 Å². The number of aliphatic hydroxyl groups is 1. The van der Waals surface area contributed by atoms with Crippen LogP contribution in [0.15, 0.2) is 36.8 Å². The molecule has 1 aromatic carbocycles. The molecule has 2 aliphatic rings. The highest BCUT2D eigenvalue weighted by Crippen LogP contribution is 2.57. The van der Waals surface area contributed by atoms with Crippen molar-refractivity contribution < 1.29 is 5.11 Å². The second-order valence-electron chi connectivity index (χ2n) is 7.93. The Hall–Kier alpha value is -1.61. The van der Waals surface area contributed by atoms with Gasteiger partial charge in [0.15, 0.2) is 0 Å². The van der Waals surface area contributed by atoms with Gasteiger partial charge >= 0.3 is 0 Å². The molecule has 1 N–H and O–H groups in total. The lowest BCUT2D eigenvalue weighted by Crippen LogP contribution is -2.50. The van der Waals surface area contributed by atoms with Crippen molar-refractivity contribution in [2.75, 3.05) is 0 Å². The molecule has 2 aromatic rings. The monoisotopic (exact) mass is 296 g/mol. The lowest BCUT2D eigenvalue weighted by molar-refractivity contribution is -0.100. The number of aliphatic hydroxyl groups excluding tert-OH is 1. The average molecular weight is 296 g/mol. The fraction of sp³-hybridized carbons (Fsp3) is 0.526. The topological polar surface area (TPSA) is 38.0 Å². The fourth-order valence-electron chi connectivity index (χ4n) is 4.89. The van der Waals surface area contributed by atoms with Gasteiger partial charge in [-0.2, -0.15) is 0 Å². The van der Waals surface area contributed by atoms with Crippen LogP contribution >= 0.6 is 0 Å². The molecule has 0 saturated heterocycles. The molecule has 1 unspecified atom stereocenters. The van der Waals surface area contributed by atoms with Crippen LogP contribution in [-0.2, 0) is 0 Å². The number of hydrogen-bond acceptors (Lipinski definition) is 2. The van der Waals surface area contributed by atoms with Gasteiger partial charge in [-0.1, -0.05) is 51.5 Å². The highest BCUT2D eigenvalue weighted by atomic mass is 16.3. The number of rotatable bonds is 1. The first kappa shape index (κ1) is 14.0. The molecule has 3 atom stereocenters. The second-order valence-corrected chi connectivity index (χ2v) is 7.93. The summed E-state index contributed by atoms with van der Waals surface area (Å²) in [4.78, 5) is 4.36. The van der Waals surface area contributed by atoms with E-state index in [4.69, 9.17) is 0 Å². The second kappa shape index (κ2) is 4.45. The molecule has 4 rings (SSSR count). The predicted molar refractivity (Wildman–Crippen MR) is 87.5 cm³/mol. The largest absolute Gasteiger partial charge is 0.392 e. The molecule has 2 heterocycles. The van der Waals surface area contributed by atoms with Gasteiger partial charge in [-0.05, 0) is 23.8 Å². The summed E-state index contributed by atoms with van der Waals surface area (Å²) in [6, 6.07) is 8.76. The Balaban J connectivity index is 1.89. The van der Waals surface area contributed by atoms with Gasteiger partial charge in [-0.25, -0.2) is 4.98 Å². The van der Waals surface area contributed by atoms with Crippen LogP contribution < -0.4 is 0 Å². The van der Waals surface area contributed by atoms with Crippen LogP contribution in [0.5, 0.6) is 0 Å². The summed E-state index contributed by atoms with van der Waals surface area (Å²) in [5.74, 6) is 0. The molecule has 1 aliphatic carbocycles. The number of imidazole rings is 1. The highest BCUT2D eigenvalue weighted by Gasteiger charge is 2.53. The normalized spacial score (nSPS) is 32.5. The van der Waals surface area contributed by atoms with E-state index in [0.29, 0.717) is 0 Å². The van der Waals surface area contributed by atoms with Gasteiger partial charge in [-0.15, -0.1) is 0 Å². The van der Waals surface area contributed by atoms with Gasteiger partial charge in [-0.3, -0.25) is 0 Å². The molecule has 1 aliphatic heterocycles. The van der Waals surface area contributed by atoms with Crippen LogP contribution in [0.2, 0.25) is 0 Å². The maximum Gasteiger partial charge on any atom is 0.0956 e. The predicted octanol–water partition coefficient (Wildman–Crippen LogP) is 4.03. The Labute approximate surface area is 132 Å². The van der Waals surface area contributed by atoms with E-state index in [2.05, 4.69) is 54.6 Å². The minimum atomic E-state index is -0.319. The van der Waals surface area contributed by atoms with Gasteiger partial charge in [0.1, 0.15) is 0 Å². The maximum absolute atomic E-state index is 11.2. The minimum absolute atomic E-state index is 0.0364. The summed E-state index contributed by atoms with van der Waals surface area (Å²) >= 11 is 0. The summed E-state index contributed by atoms with van der Waals surface area (Å²) in [5.41, 5.74) is 3.58. The molecule has 3 heteroatoms. The molecule has 1 fully saturated rings. The Morgan fingerprint density at radius 3 is 2.77 bits per heavy atom. The van der Waals surface area contributed by atoms with E-state index < -0.39 is 0 Å². The number of benzene rings is 1. The van der Waals surface area contributed by atoms with E-state index in [0.717, 1.165) is 12.8 Å². The summed E-state index contributed by atoms with van der Waals surface area (Å²) in [5, 5.41) is 11.2. The van der Waals surface area contributed by atoms with Crippen LogP contribution in [0, 0.1) is 10.8 Å². The first-order valence-electron chi connectivity index (χ1n) is 8.24. The lowest BCUT2D eigenvalue weighted by atomic mass is 9.58. The summed E-state index contributed by atoms with van der Waals surface area (Å²) in [6.07, 6.45) is 6.87. The zero-order chi connectivity index (χ0) is 15.5. The molecule has 0 amide bonds. The van der Waals surface area contributed by atoms with Crippen molar-refractivity contribution >= 4 is 0 Å². The van der Waals surface area contributed by atoms with Crippen LogP contribution in [0.1, 0.15) is 51.6 Å². The van der Waals surface area contributed by atoms with Crippen LogP contribution in [0.25, 0.3) is 11.3 Å². The van der Waals surface area contributed by atoms with Crippen molar-refractivity contribution in [2.24, 2.45) is 10.8 Å². The smallest absolute Gasteiger partial charge is 0.0956 e. The fourth-order valence-corrected chi connectivity index (χ4v) is 4.89. The van der Waals surface area contributed by atoms with E-state index >= 15 is 0 Å². The zero-order valence-corrected chi connectivity index (χ0v) is 13.6. The summed E-state index contributed by atoms with van der Waals surface area (Å²) < 4.78 is 2.27. The molecule has 22 heavy (non-hydrogen) atoms. The first-order valence-corrected chi connectivity index (χ1v) is 8.24. The van der Waals surface area contributed by atoms with Gasteiger partial charge in [0.25, 0.3) is 0 Å². The number of hydrogen-bond donors (Lipinski definition) is 1. The average Bonchev–Trinajstić information content (AvgIpc) is 3.04. The SMILES string of the molecule is CC1(C)CCC[C@](C)(C2c3ccccc3-c3cncn32)[C@@H]1O. The molecule has 1 saturated carbocycles. The molecule has 0 radical (unpaired) electrons. The maximum atomic E-state index is 11.2. The van der Waals surface area contributed by atoms with E-state index in [-0.39, 0.29) is 23.0 Å². The van der Waals surface area contributed by atoms with Crippen molar-refractivity contribution in [1.82, 2.24) is 9.55 Å². The third-order valence-electron chi connectivity index (χ3n) is 6.00. The van der Waals surface area contributed by atoms with Gasteiger partial charge < -0.3 is 9.67 Å². The molecule has 3 nitrogen and oxygen atoms in total. The molecular formula is C19H24N2O. The zero-order valence-electron chi connectivity index (χ0n) is 13.6. The van der Waals surface area contributed by atoms with Crippen LogP contribution in [-0.4, -0.2) is 20.8 Å². The molecular weight excluding hydrogens is 272 g/mol. The van der Waals surface area contributed by atoms with Gasteiger partial charge in [0.2, 0.25) is 0 Å². The number of fused-ring (bicyclic) bond motifs is 3. The summed E-state index contributed by atoms with van der Waals surface area (Å²) in [7, 11) is 0. The van der Waals surface area contributed by atoms with Crippen LogP contribution in [0.4, 0.5) is 0 Å². The minimum Gasteiger partial charge on any atom is -0.392 e. The van der Waals surface area contributed by atoms with Gasteiger partial charge in [0.05, 0.1) is 30.4 Å². The van der Waals surface area contributed by atoms with E-state index in [1.807, 2.05) is 12.5 Å². The Bertz CT molecular complexity index is 718. The molecule has 0 spiro atoms. The first-order chi connectivity index (χ1) is 10.5. The van der Waals surface area contributed by atoms with Crippen molar-refractivity contribution in [3.63, 3.8) is 0 Å². The third-order valence-corrected chi connectivity index (χ3v) is 6.00. The Morgan fingerprint density at radius 2 is 1.95 bits per heavy atom. The summed E-state index contributed by atoms with van der Waals surface area (Å²) in [6.45, 7) is 6.66. The van der Waals surface area contributed by atoms with Crippen molar-refractivity contribution in [1.29, 1.82) is 0 Å². The van der Waals surface area contributed by atoms with Crippen molar-refractivity contribution in [2.45, 2.75) is 52.2 Å². The van der Waals surface area contributed by atoms with E-state index in [1.165, 1.54) is 23.2 Å². The number of nitrogens with zero attached hydrogens (tertiary/aromatic N) is 2. The standard InChI is InChI=1S/C19H24N2O/c1-18(2)9-6-10-19(3,17(18)22)16-14-8-5-4-7-13(14)15-11-20-12-21(15)16/h4-5,7-8,11-12,16-17,22H,6,9-10H2,1-3H3/t16?,17-,19-/m1/s1. The molecule has 116 valence electrons. The lowest BCUT2D eigenvalue weighted by Gasteiger charge is -2.51. The van der Waals surface area contributed by atoms with Gasteiger partial charge in [0, 0.05) is 11.0 Å². The van der Waals surface area contributed by atoms with Crippen molar-refractivity contribution in [3.05, 3.63) is 42.4 Å². The number of aromatic nitrogens is 2. The highest BCUT2D eigenvalue weighted by molar-refractivity contribution is 5.69. The van der Waals surface area contributed by atoms with E-state index in [9.17, 15) is 5.11 Å². The quantitative estimate of drug-likeness (QED) is 0.862. The third kappa shape index (κ3) is 1.69. The van der Waals surface area contributed by atoms with E-state index in [1.54, 1.807) is 0 Å². The molecule has 0 bridgehead atoms. The Kier molecular flexibility index (Phi) is 2.83. The van der Waals surface area contributed by atoms with Crippen LogP contribution in [0.3, 0.4) is 0 Å².